The second-order valence-electron chi connectivity index (χ2n) is 7.55. The monoisotopic (exact) mass is 368 g/mol. The SMILES string of the molecule is CC(=O)Nc1ccc(-c2ncc(N3CCOCC3=O)cc2C(C)(C)C)cn1. The Kier molecular flexibility index (Phi) is 5.23. The van der Waals surface area contributed by atoms with Crippen molar-refractivity contribution in [2.75, 3.05) is 30.0 Å². The summed E-state index contributed by atoms with van der Waals surface area (Å²) in [6.45, 7) is 8.91. The van der Waals surface area contributed by atoms with E-state index in [0.717, 1.165) is 22.5 Å². The highest BCUT2D eigenvalue weighted by Crippen LogP contribution is 2.34. The second-order valence-corrected chi connectivity index (χ2v) is 7.55. The number of hydrogen-bond donors (Lipinski definition) is 1. The predicted molar refractivity (Wildman–Crippen MR) is 104 cm³/mol. The van der Waals surface area contributed by atoms with Crippen LogP contribution in [0.2, 0.25) is 0 Å². The summed E-state index contributed by atoms with van der Waals surface area (Å²) >= 11 is 0. The number of morpholine rings is 1. The maximum absolute atomic E-state index is 12.2. The Hall–Kier alpha value is -2.80. The third-order valence-electron chi connectivity index (χ3n) is 4.32. The summed E-state index contributed by atoms with van der Waals surface area (Å²) in [6, 6.07) is 5.66. The van der Waals surface area contributed by atoms with Crippen LogP contribution in [-0.4, -0.2) is 41.5 Å². The molecule has 3 heterocycles. The normalized spacial score (nSPS) is 15.0. The Morgan fingerprint density at radius 3 is 2.59 bits per heavy atom. The number of hydrogen-bond acceptors (Lipinski definition) is 5. The van der Waals surface area contributed by atoms with Crippen LogP contribution in [0.1, 0.15) is 33.3 Å². The molecule has 1 N–H and O–H groups in total. The molecule has 1 saturated heterocycles. The van der Waals surface area contributed by atoms with Crippen molar-refractivity contribution in [2.45, 2.75) is 33.1 Å². The third kappa shape index (κ3) is 4.31. The van der Waals surface area contributed by atoms with Gasteiger partial charge in [0.2, 0.25) is 5.91 Å². The van der Waals surface area contributed by atoms with E-state index in [9.17, 15) is 9.59 Å². The molecular weight excluding hydrogens is 344 g/mol. The first-order valence-electron chi connectivity index (χ1n) is 8.88. The molecule has 0 atom stereocenters. The van der Waals surface area contributed by atoms with Gasteiger partial charge in [0.25, 0.3) is 5.91 Å². The van der Waals surface area contributed by atoms with Crippen molar-refractivity contribution in [2.24, 2.45) is 0 Å². The first-order valence-corrected chi connectivity index (χ1v) is 8.88. The van der Waals surface area contributed by atoms with Crippen LogP contribution in [0.4, 0.5) is 11.5 Å². The Morgan fingerprint density at radius 1 is 1.22 bits per heavy atom. The quantitative estimate of drug-likeness (QED) is 0.900. The van der Waals surface area contributed by atoms with Crippen molar-refractivity contribution in [3.63, 3.8) is 0 Å². The van der Waals surface area contributed by atoms with Gasteiger partial charge in [-0.05, 0) is 29.2 Å². The molecule has 0 bridgehead atoms. The number of rotatable bonds is 3. The van der Waals surface area contributed by atoms with Crippen molar-refractivity contribution in [3.8, 4) is 11.3 Å². The predicted octanol–water partition coefficient (Wildman–Crippen LogP) is 2.76. The minimum atomic E-state index is -0.177. The van der Waals surface area contributed by atoms with E-state index < -0.39 is 0 Å². The van der Waals surface area contributed by atoms with Crippen molar-refractivity contribution >= 4 is 23.3 Å². The number of nitrogens with one attached hydrogen (secondary N) is 1. The smallest absolute Gasteiger partial charge is 0.253 e. The van der Waals surface area contributed by atoms with Gasteiger partial charge < -0.3 is 15.0 Å². The molecule has 0 aliphatic carbocycles. The molecule has 7 heteroatoms. The fourth-order valence-electron chi connectivity index (χ4n) is 2.98. The van der Waals surface area contributed by atoms with Gasteiger partial charge in [-0.3, -0.25) is 14.6 Å². The highest BCUT2D eigenvalue weighted by molar-refractivity contribution is 5.95. The van der Waals surface area contributed by atoms with E-state index in [4.69, 9.17) is 4.74 Å². The van der Waals surface area contributed by atoms with Gasteiger partial charge in [-0.25, -0.2) is 4.98 Å². The molecule has 1 aliphatic heterocycles. The van der Waals surface area contributed by atoms with Gasteiger partial charge in [-0.2, -0.15) is 0 Å². The summed E-state index contributed by atoms with van der Waals surface area (Å²) < 4.78 is 5.21. The fraction of sp³-hybridized carbons (Fsp3) is 0.400. The first kappa shape index (κ1) is 19.0. The van der Waals surface area contributed by atoms with Crippen LogP contribution >= 0.6 is 0 Å². The highest BCUT2D eigenvalue weighted by atomic mass is 16.5. The third-order valence-corrected chi connectivity index (χ3v) is 4.32. The van der Waals surface area contributed by atoms with Gasteiger partial charge in [0.15, 0.2) is 0 Å². The zero-order chi connectivity index (χ0) is 19.6. The number of carbonyl (C=O) groups is 2. The van der Waals surface area contributed by atoms with E-state index in [2.05, 4.69) is 36.1 Å². The van der Waals surface area contributed by atoms with Gasteiger partial charge in [-0.15, -0.1) is 0 Å². The van der Waals surface area contributed by atoms with E-state index >= 15 is 0 Å². The summed E-state index contributed by atoms with van der Waals surface area (Å²) in [5, 5.41) is 2.66. The maximum atomic E-state index is 12.2. The summed E-state index contributed by atoms with van der Waals surface area (Å²) in [6.07, 6.45) is 3.41. The van der Waals surface area contributed by atoms with Crippen LogP contribution in [0.5, 0.6) is 0 Å². The molecule has 0 saturated carbocycles. The molecule has 2 aromatic rings. The molecule has 2 aromatic heterocycles. The highest BCUT2D eigenvalue weighted by Gasteiger charge is 2.25. The van der Waals surface area contributed by atoms with Crippen LogP contribution in [0.25, 0.3) is 11.3 Å². The molecule has 2 amide bonds. The number of carbonyl (C=O) groups excluding carboxylic acids is 2. The Bertz CT molecular complexity index is 857. The lowest BCUT2D eigenvalue weighted by atomic mass is 9.84. The van der Waals surface area contributed by atoms with Crippen molar-refractivity contribution < 1.29 is 14.3 Å². The topological polar surface area (TPSA) is 84.4 Å². The number of nitrogens with zero attached hydrogens (tertiary/aromatic N) is 3. The largest absolute Gasteiger partial charge is 0.370 e. The van der Waals surface area contributed by atoms with Gasteiger partial charge in [0, 0.05) is 25.2 Å². The number of ether oxygens (including phenoxy) is 1. The minimum absolute atomic E-state index is 0.0583. The molecular formula is C20H24N4O3. The molecule has 1 fully saturated rings. The standard InChI is InChI=1S/C20H24N4O3/c1-13(25)23-17-6-5-14(10-21-17)19-16(20(2,3)4)9-15(11-22-19)24-7-8-27-12-18(24)26/h5-6,9-11H,7-8,12H2,1-4H3,(H,21,23,25). The Morgan fingerprint density at radius 2 is 2.00 bits per heavy atom. The van der Waals surface area contributed by atoms with Crippen molar-refractivity contribution in [1.29, 1.82) is 0 Å². The van der Waals surface area contributed by atoms with Crippen LogP contribution in [0.3, 0.4) is 0 Å². The van der Waals surface area contributed by atoms with Gasteiger partial charge >= 0.3 is 0 Å². The number of amides is 2. The molecule has 27 heavy (non-hydrogen) atoms. The minimum Gasteiger partial charge on any atom is -0.370 e. The maximum Gasteiger partial charge on any atom is 0.253 e. The molecule has 0 unspecified atom stereocenters. The molecule has 0 aromatic carbocycles. The van der Waals surface area contributed by atoms with E-state index in [1.165, 1.54) is 6.92 Å². The van der Waals surface area contributed by atoms with Crippen LogP contribution in [0, 0.1) is 0 Å². The van der Waals surface area contributed by atoms with E-state index in [-0.39, 0.29) is 23.8 Å². The van der Waals surface area contributed by atoms with E-state index in [1.807, 2.05) is 12.1 Å². The van der Waals surface area contributed by atoms with Crippen LogP contribution < -0.4 is 10.2 Å². The van der Waals surface area contributed by atoms with Gasteiger partial charge in [0.1, 0.15) is 12.4 Å². The second kappa shape index (κ2) is 7.44. The Balaban J connectivity index is 2.00. The average molecular weight is 368 g/mol. The number of pyridine rings is 2. The van der Waals surface area contributed by atoms with Crippen molar-refractivity contribution in [3.05, 3.63) is 36.2 Å². The van der Waals surface area contributed by atoms with Crippen molar-refractivity contribution in [1.82, 2.24) is 9.97 Å². The van der Waals surface area contributed by atoms with E-state index in [1.54, 1.807) is 23.4 Å². The summed E-state index contributed by atoms with van der Waals surface area (Å²) in [5.74, 6) is 0.277. The zero-order valence-electron chi connectivity index (χ0n) is 16.1. The number of aromatic nitrogens is 2. The zero-order valence-corrected chi connectivity index (χ0v) is 16.1. The first-order chi connectivity index (χ1) is 12.8. The average Bonchev–Trinajstić information content (AvgIpc) is 2.61. The summed E-state index contributed by atoms with van der Waals surface area (Å²) in [7, 11) is 0. The Labute approximate surface area is 158 Å². The number of anilines is 2. The lowest BCUT2D eigenvalue weighted by molar-refractivity contribution is -0.125. The molecule has 142 valence electrons. The molecule has 7 nitrogen and oxygen atoms in total. The van der Waals surface area contributed by atoms with Gasteiger partial charge in [0.05, 0.1) is 24.2 Å². The van der Waals surface area contributed by atoms with Gasteiger partial charge in [-0.1, -0.05) is 20.8 Å². The molecule has 3 rings (SSSR count). The lowest BCUT2D eigenvalue weighted by Crippen LogP contribution is -2.41. The molecule has 1 aliphatic rings. The molecule has 0 radical (unpaired) electrons. The van der Waals surface area contributed by atoms with Crippen LogP contribution in [-0.2, 0) is 19.7 Å². The summed E-state index contributed by atoms with van der Waals surface area (Å²) in [4.78, 5) is 34.0. The lowest BCUT2D eigenvalue weighted by Gasteiger charge is -2.29. The molecule has 0 spiro atoms. The summed E-state index contributed by atoms with van der Waals surface area (Å²) in [5.41, 5.74) is 3.29. The van der Waals surface area contributed by atoms with Crippen LogP contribution in [0.15, 0.2) is 30.6 Å². The van der Waals surface area contributed by atoms with E-state index in [0.29, 0.717) is 19.0 Å². The fourth-order valence-corrected chi connectivity index (χ4v) is 2.98.